The first-order chi connectivity index (χ1) is 7.54. The molecule has 6 nitrogen and oxygen atoms in total. The van der Waals surface area contributed by atoms with Crippen LogP contribution in [0.15, 0.2) is 0 Å². The van der Waals surface area contributed by atoms with Crippen molar-refractivity contribution < 1.29 is 47.4 Å². The van der Waals surface area contributed by atoms with E-state index < -0.39 is 16.5 Å². The first kappa shape index (κ1) is 22.8. The Kier molecular flexibility index (Phi) is 25.5. The van der Waals surface area contributed by atoms with Crippen molar-refractivity contribution in [3.05, 3.63) is 0 Å². The summed E-state index contributed by atoms with van der Waals surface area (Å²) in [4.78, 5) is 19.4. The summed E-state index contributed by atoms with van der Waals surface area (Å²) < 4.78 is 27.8. The van der Waals surface area contributed by atoms with Crippen molar-refractivity contribution in [2.45, 2.75) is 39.5 Å². The number of unbranched alkanes of at least 4 members (excludes halogenated alkanes) is 2. The summed E-state index contributed by atoms with van der Waals surface area (Å²) in [7, 11) is -5.22. The van der Waals surface area contributed by atoms with E-state index in [0.717, 1.165) is 25.7 Å². The van der Waals surface area contributed by atoms with Gasteiger partial charge in [-0.2, -0.15) is 0 Å². The monoisotopic (exact) mass is 336 g/mol. The van der Waals surface area contributed by atoms with Crippen molar-refractivity contribution in [1.29, 1.82) is 0 Å². The average Bonchev–Trinajstić information content (AvgIpc) is 2.18. The van der Waals surface area contributed by atoms with Crippen molar-refractivity contribution in [2.24, 2.45) is 0 Å². The molecule has 2 unspecified atom stereocenters. The maximum absolute atomic E-state index is 9.69. The molecule has 0 spiro atoms. The normalized spacial score (nSPS) is 10.8. The topological polar surface area (TPSA) is 98.7 Å². The van der Waals surface area contributed by atoms with Crippen LogP contribution in [-0.2, 0) is 37.7 Å². The number of rotatable bonds is 8. The predicted molar refractivity (Wildman–Crippen MR) is 56.9 cm³/mol. The second-order valence-electron chi connectivity index (χ2n) is 2.82. The molecule has 9 heteroatoms. The molecular formula is C8H18O6P2Zn+2. The minimum atomic E-state index is -2.61. The second kappa shape index (κ2) is 19.0. The molecule has 0 aliphatic heterocycles. The molecule has 0 rings (SSSR count). The van der Waals surface area contributed by atoms with Gasteiger partial charge in [0.25, 0.3) is 0 Å². The fourth-order valence-electron chi connectivity index (χ4n) is 0.567. The van der Waals surface area contributed by atoms with Gasteiger partial charge in [-0.1, -0.05) is 26.7 Å². The molecule has 0 aliphatic carbocycles. The van der Waals surface area contributed by atoms with Gasteiger partial charge in [0.05, 0.1) is 0 Å². The van der Waals surface area contributed by atoms with Gasteiger partial charge in [-0.15, -0.1) is 9.05 Å². The Morgan fingerprint density at radius 3 is 1.35 bits per heavy atom. The van der Waals surface area contributed by atoms with E-state index in [1.54, 1.807) is 0 Å². The van der Waals surface area contributed by atoms with Crippen LogP contribution in [0.4, 0.5) is 0 Å². The first-order valence-corrected chi connectivity index (χ1v) is 7.28. The fraction of sp³-hybridized carbons (Fsp3) is 1.00. The maximum Gasteiger partial charge on any atom is 2.00 e. The van der Waals surface area contributed by atoms with Crippen LogP contribution in [0.5, 0.6) is 0 Å². The number of hydrogen-bond donors (Lipinski definition) is 0. The SMILES string of the molecule is CCCCO[P+](=O)[O-].CCCCO[P+](=O)[O-].[Zn+2]. The van der Waals surface area contributed by atoms with Gasteiger partial charge in [-0.3, -0.25) is 0 Å². The van der Waals surface area contributed by atoms with Crippen LogP contribution in [-0.4, -0.2) is 13.2 Å². The largest absolute Gasteiger partial charge is 2.00 e. The summed E-state index contributed by atoms with van der Waals surface area (Å²) in [6.07, 6.45) is 3.54. The molecule has 0 aromatic rings. The van der Waals surface area contributed by atoms with Crippen LogP contribution < -0.4 is 9.79 Å². The predicted octanol–water partition coefficient (Wildman–Crippen LogP) is 1.64. The molecule has 0 fully saturated rings. The minimum absolute atomic E-state index is 0. The van der Waals surface area contributed by atoms with Gasteiger partial charge in [0.1, 0.15) is 13.2 Å². The van der Waals surface area contributed by atoms with Crippen molar-refractivity contribution in [3.63, 3.8) is 0 Å². The number of hydrogen-bond acceptors (Lipinski definition) is 6. The average molecular weight is 338 g/mol. The van der Waals surface area contributed by atoms with Crippen LogP contribution in [0.1, 0.15) is 39.5 Å². The van der Waals surface area contributed by atoms with Crippen molar-refractivity contribution in [1.82, 2.24) is 0 Å². The zero-order valence-corrected chi connectivity index (χ0v) is 15.0. The molecule has 0 aromatic carbocycles. The smallest absolute Gasteiger partial charge is 0.566 e. The molecule has 0 radical (unpaired) electrons. The summed E-state index contributed by atoms with van der Waals surface area (Å²) in [5.74, 6) is 0. The van der Waals surface area contributed by atoms with Gasteiger partial charge in [0.2, 0.25) is 0 Å². The van der Waals surface area contributed by atoms with Gasteiger partial charge < -0.3 is 9.79 Å². The summed E-state index contributed by atoms with van der Waals surface area (Å²) in [5, 5.41) is 0. The third-order valence-electron chi connectivity index (χ3n) is 1.39. The van der Waals surface area contributed by atoms with Gasteiger partial charge >= 0.3 is 36.0 Å². The van der Waals surface area contributed by atoms with E-state index in [4.69, 9.17) is 0 Å². The Morgan fingerprint density at radius 2 is 1.18 bits per heavy atom. The van der Waals surface area contributed by atoms with Crippen molar-refractivity contribution in [3.8, 4) is 0 Å². The van der Waals surface area contributed by atoms with E-state index in [9.17, 15) is 18.9 Å². The summed E-state index contributed by atoms with van der Waals surface area (Å²) in [5.41, 5.74) is 0. The van der Waals surface area contributed by atoms with Gasteiger partial charge in [0, 0.05) is 0 Å². The molecule has 96 valence electrons. The molecule has 0 N–H and O–H groups in total. The Bertz CT molecular complexity index is 173. The quantitative estimate of drug-likeness (QED) is 0.379. The fourth-order valence-corrected chi connectivity index (χ4v) is 1.12. The molecule has 2 atom stereocenters. The van der Waals surface area contributed by atoms with E-state index in [1.165, 1.54) is 0 Å². The van der Waals surface area contributed by atoms with Crippen molar-refractivity contribution in [2.75, 3.05) is 13.2 Å². The van der Waals surface area contributed by atoms with Crippen LogP contribution in [0, 0.1) is 0 Å². The van der Waals surface area contributed by atoms with Crippen LogP contribution >= 0.6 is 16.5 Å². The zero-order valence-electron chi connectivity index (χ0n) is 10.3. The Balaban J connectivity index is -0.000000218. The molecule has 0 amide bonds. The van der Waals surface area contributed by atoms with E-state index >= 15 is 0 Å². The molecule has 0 aromatic heterocycles. The van der Waals surface area contributed by atoms with Gasteiger partial charge in [0.15, 0.2) is 0 Å². The third kappa shape index (κ3) is 31.5. The van der Waals surface area contributed by atoms with Crippen LogP contribution in [0.2, 0.25) is 0 Å². The van der Waals surface area contributed by atoms with Crippen LogP contribution in [0.3, 0.4) is 0 Å². The molecule has 0 bridgehead atoms. The van der Waals surface area contributed by atoms with Crippen LogP contribution in [0.25, 0.3) is 0 Å². The Morgan fingerprint density at radius 1 is 0.882 bits per heavy atom. The Hall–Kier alpha value is 0.663. The van der Waals surface area contributed by atoms with E-state index in [2.05, 4.69) is 9.05 Å². The van der Waals surface area contributed by atoms with E-state index in [-0.39, 0.29) is 19.5 Å². The summed E-state index contributed by atoms with van der Waals surface area (Å²) in [6, 6.07) is 0. The van der Waals surface area contributed by atoms with Crippen molar-refractivity contribution >= 4 is 16.5 Å². The molecule has 0 heterocycles. The zero-order chi connectivity index (χ0) is 12.8. The molecule has 0 saturated carbocycles. The molecule has 0 saturated heterocycles. The van der Waals surface area contributed by atoms with Gasteiger partial charge in [-0.25, -0.2) is 0 Å². The minimum Gasteiger partial charge on any atom is -0.566 e. The van der Waals surface area contributed by atoms with Gasteiger partial charge in [-0.05, 0) is 22.0 Å². The molecule has 17 heavy (non-hydrogen) atoms. The third-order valence-corrected chi connectivity index (χ3v) is 2.18. The maximum atomic E-state index is 9.69. The Labute approximate surface area is 117 Å². The summed E-state index contributed by atoms with van der Waals surface area (Å²) >= 11 is 0. The standard InChI is InChI=1S/2C4H9O3P.Zn/c2*1-2-3-4-7-8(5)6;/h2*2-4H2,1H3;/q;;+2. The molecular weight excluding hydrogens is 319 g/mol. The second-order valence-corrected chi connectivity index (χ2v) is 4.23. The first-order valence-electron chi connectivity index (χ1n) is 5.09. The molecule has 0 aliphatic rings. The van der Waals surface area contributed by atoms with E-state index in [0.29, 0.717) is 13.2 Å². The summed E-state index contributed by atoms with van der Waals surface area (Å²) in [6.45, 7) is 4.60. The van der Waals surface area contributed by atoms with E-state index in [1.807, 2.05) is 13.8 Å².